The van der Waals surface area contributed by atoms with Crippen molar-refractivity contribution in [2.24, 2.45) is 0 Å². The summed E-state index contributed by atoms with van der Waals surface area (Å²) in [7, 11) is 0. The van der Waals surface area contributed by atoms with Gasteiger partial charge in [-0.1, -0.05) is 49.4 Å². The average molecular weight is 442 g/mol. The highest BCUT2D eigenvalue weighted by Gasteiger charge is 2.21. The summed E-state index contributed by atoms with van der Waals surface area (Å²) in [6.07, 6.45) is 0.843. The standard InChI is InChI=1S/C28H31N3O2/c1-7-24-30-25-18(2)16-19(3)29-26(25)31(24)17-20-12-14-21(15-13-20)22-10-8-9-11-23(22)27(32)33-28(4,5)6/h8-16H,7,17H2,1-6H3. The molecule has 170 valence electrons. The fourth-order valence-corrected chi connectivity index (χ4v) is 4.10. The zero-order valence-electron chi connectivity index (χ0n) is 20.3. The van der Waals surface area contributed by atoms with E-state index in [0.29, 0.717) is 12.1 Å². The highest BCUT2D eigenvalue weighted by molar-refractivity contribution is 5.97. The Hall–Kier alpha value is -3.47. The van der Waals surface area contributed by atoms with Gasteiger partial charge in [0.1, 0.15) is 16.9 Å². The van der Waals surface area contributed by atoms with Crippen molar-refractivity contribution in [1.82, 2.24) is 14.5 Å². The first-order chi connectivity index (χ1) is 15.7. The number of hydrogen-bond donors (Lipinski definition) is 0. The molecule has 0 unspecified atom stereocenters. The molecule has 2 heterocycles. The Balaban J connectivity index is 1.66. The van der Waals surface area contributed by atoms with Crippen LogP contribution in [0.15, 0.2) is 54.6 Å². The van der Waals surface area contributed by atoms with Crippen molar-refractivity contribution in [3.63, 3.8) is 0 Å². The van der Waals surface area contributed by atoms with Gasteiger partial charge in [0.25, 0.3) is 0 Å². The molecule has 0 bridgehead atoms. The molecule has 0 saturated heterocycles. The maximum absolute atomic E-state index is 12.7. The third kappa shape index (κ3) is 4.82. The van der Waals surface area contributed by atoms with Gasteiger partial charge in [0.15, 0.2) is 5.65 Å². The molecule has 0 aliphatic carbocycles. The molecule has 33 heavy (non-hydrogen) atoms. The first-order valence-electron chi connectivity index (χ1n) is 11.4. The number of benzene rings is 2. The Morgan fingerprint density at radius 3 is 2.36 bits per heavy atom. The fourth-order valence-electron chi connectivity index (χ4n) is 4.10. The van der Waals surface area contributed by atoms with E-state index in [0.717, 1.165) is 51.4 Å². The first kappa shape index (κ1) is 22.7. The maximum Gasteiger partial charge on any atom is 0.339 e. The van der Waals surface area contributed by atoms with Gasteiger partial charge in [-0.25, -0.2) is 14.8 Å². The lowest BCUT2D eigenvalue weighted by molar-refractivity contribution is 0.00704. The van der Waals surface area contributed by atoms with Crippen LogP contribution < -0.4 is 0 Å². The SMILES string of the molecule is CCc1nc2c(C)cc(C)nc2n1Cc1ccc(-c2ccccc2C(=O)OC(C)(C)C)cc1. The number of hydrogen-bond acceptors (Lipinski definition) is 4. The molecular formula is C28H31N3O2. The number of imidazole rings is 1. The van der Waals surface area contributed by atoms with Crippen molar-refractivity contribution < 1.29 is 9.53 Å². The maximum atomic E-state index is 12.7. The van der Waals surface area contributed by atoms with Gasteiger partial charge in [-0.3, -0.25) is 0 Å². The number of aromatic nitrogens is 3. The predicted octanol–water partition coefficient (Wildman–Crippen LogP) is 6.28. The first-order valence-corrected chi connectivity index (χ1v) is 11.4. The van der Waals surface area contributed by atoms with Crippen LogP contribution in [0.1, 0.15) is 60.7 Å². The second kappa shape index (κ2) is 8.81. The third-order valence-corrected chi connectivity index (χ3v) is 5.57. The molecule has 4 rings (SSSR count). The molecule has 5 heteroatoms. The summed E-state index contributed by atoms with van der Waals surface area (Å²) in [5.74, 6) is 0.724. The lowest BCUT2D eigenvalue weighted by atomic mass is 9.98. The van der Waals surface area contributed by atoms with Crippen LogP contribution >= 0.6 is 0 Å². The normalized spacial score (nSPS) is 11.7. The highest BCUT2D eigenvalue weighted by atomic mass is 16.6. The molecule has 2 aromatic heterocycles. The van der Waals surface area contributed by atoms with E-state index < -0.39 is 5.60 Å². The van der Waals surface area contributed by atoms with Crippen LogP contribution in [0.4, 0.5) is 0 Å². The molecular weight excluding hydrogens is 410 g/mol. The summed E-state index contributed by atoms with van der Waals surface area (Å²) in [6, 6.07) is 18.0. The second-order valence-corrected chi connectivity index (χ2v) is 9.46. The Labute approximate surface area is 195 Å². The molecule has 2 aromatic carbocycles. The molecule has 0 amide bonds. The minimum atomic E-state index is -0.538. The average Bonchev–Trinajstić information content (AvgIpc) is 3.11. The van der Waals surface area contributed by atoms with Crippen LogP contribution in [0.3, 0.4) is 0 Å². The van der Waals surface area contributed by atoms with E-state index in [1.807, 2.05) is 52.0 Å². The van der Waals surface area contributed by atoms with Crippen molar-refractivity contribution in [1.29, 1.82) is 0 Å². The minimum Gasteiger partial charge on any atom is -0.456 e. The van der Waals surface area contributed by atoms with Gasteiger partial charge in [-0.05, 0) is 69.0 Å². The molecule has 0 aliphatic heterocycles. The van der Waals surface area contributed by atoms with Gasteiger partial charge in [-0.15, -0.1) is 0 Å². The van der Waals surface area contributed by atoms with Gasteiger partial charge in [0, 0.05) is 12.1 Å². The topological polar surface area (TPSA) is 57.0 Å². The van der Waals surface area contributed by atoms with E-state index in [-0.39, 0.29) is 5.97 Å². The highest BCUT2D eigenvalue weighted by Crippen LogP contribution is 2.27. The molecule has 0 atom stereocenters. The van der Waals surface area contributed by atoms with Crippen LogP contribution in [0.5, 0.6) is 0 Å². The molecule has 0 radical (unpaired) electrons. The Bertz CT molecular complexity index is 1310. The quantitative estimate of drug-likeness (QED) is 0.342. The third-order valence-electron chi connectivity index (χ3n) is 5.57. The molecule has 0 N–H and O–H groups in total. The van der Waals surface area contributed by atoms with Gasteiger partial charge < -0.3 is 9.30 Å². The summed E-state index contributed by atoms with van der Waals surface area (Å²) in [5.41, 5.74) is 7.10. The molecule has 4 aromatic rings. The van der Waals surface area contributed by atoms with Gasteiger partial charge in [0.05, 0.1) is 12.1 Å². The Morgan fingerprint density at radius 2 is 1.70 bits per heavy atom. The monoisotopic (exact) mass is 441 g/mol. The zero-order chi connectivity index (χ0) is 23.8. The van der Waals surface area contributed by atoms with Crippen LogP contribution in [0, 0.1) is 13.8 Å². The Morgan fingerprint density at radius 1 is 1.00 bits per heavy atom. The van der Waals surface area contributed by atoms with Crippen molar-refractivity contribution in [3.05, 3.63) is 82.8 Å². The smallest absolute Gasteiger partial charge is 0.339 e. The van der Waals surface area contributed by atoms with E-state index in [1.165, 1.54) is 0 Å². The zero-order valence-corrected chi connectivity index (χ0v) is 20.3. The molecule has 0 saturated carbocycles. The number of esters is 1. The van der Waals surface area contributed by atoms with Crippen LogP contribution in [-0.2, 0) is 17.7 Å². The number of carbonyl (C=O) groups excluding carboxylic acids is 1. The molecule has 5 nitrogen and oxygen atoms in total. The largest absolute Gasteiger partial charge is 0.456 e. The fraction of sp³-hybridized carbons (Fsp3) is 0.321. The lowest BCUT2D eigenvalue weighted by Crippen LogP contribution is -2.24. The van der Waals surface area contributed by atoms with Crippen molar-refractivity contribution >= 4 is 17.1 Å². The van der Waals surface area contributed by atoms with Crippen molar-refractivity contribution in [2.45, 2.75) is 60.1 Å². The summed E-state index contributed by atoms with van der Waals surface area (Å²) in [5, 5.41) is 0. The van der Waals surface area contributed by atoms with E-state index >= 15 is 0 Å². The Kier molecular flexibility index (Phi) is 6.07. The van der Waals surface area contributed by atoms with E-state index in [2.05, 4.69) is 48.7 Å². The van der Waals surface area contributed by atoms with Crippen molar-refractivity contribution in [2.75, 3.05) is 0 Å². The van der Waals surface area contributed by atoms with E-state index in [1.54, 1.807) is 0 Å². The number of nitrogens with zero attached hydrogens (tertiary/aromatic N) is 3. The second-order valence-electron chi connectivity index (χ2n) is 9.46. The number of aryl methyl sites for hydroxylation is 3. The van der Waals surface area contributed by atoms with Crippen LogP contribution in [0.25, 0.3) is 22.3 Å². The number of ether oxygens (including phenoxy) is 1. The molecule has 0 aliphatic rings. The number of rotatable bonds is 5. The molecule has 0 spiro atoms. The van der Waals surface area contributed by atoms with Crippen LogP contribution in [-0.4, -0.2) is 26.1 Å². The van der Waals surface area contributed by atoms with Gasteiger partial charge in [-0.2, -0.15) is 0 Å². The predicted molar refractivity (Wildman–Crippen MR) is 133 cm³/mol. The van der Waals surface area contributed by atoms with Crippen LogP contribution in [0.2, 0.25) is 0 Å². The number of fused-ring (bicyclic) bond motifs is 1. The molecule has 0 fully saturated rings. The van der Waals surface area contributed by atoms with E-state index in [4.69, 9.17) is 14.7 Å². The minimum absolute atomic E-state index is 0.309. The lowest BCUT2D eigenvalue weighted by Gasteiger charge is -2.20. The summed E-state index contributed by atoms with van der Waals surface area (Å²) in [6.45, 7) is 12.6. The summed E-state index contributed by atoms with van der Waals surface area (Å²) in [4.78, 5) is 22.4. The number of carbonyl (C=O) groups is 1. The van der Waals surface area contributed by atoms with Gasteiger partial charge in [0.2, 0.25) is 0 Å². The number of pyridine rings is 1. The van der Waals surface area contributed by atoms with E-state index in [9.17, 15) is 4.79 Å². The summed E-state index contributed by atoms with van der Waals surface area (Å²) < 4.78 is 7.82. The summed E-state index contributed by atoms with van der Waals surface area (Å²) >= 11 is 0. The van der Waals surface area contributed by atoms with Gasteiger partial charge >= 0.3 is 5.97 Å². The van der Waals surface area contributed by atoms with Crippen molar-refractivity contribution in [3.8, 4) is 11.1 Å².